The van der Waals surface area contributed by atoms with Crippen LogP contribution in [0.1, 0.15) is 64.0 Å². The third-order valence-electron chi connectivity index (χ3n) is 9.48. The van der Waals surface area contributed by atoms with Crippen molar-refractivity contribution in [3.05, 3.63) is 66.2 Å². The highest BCUT2D eigenvalue weighted by Crippen LogP contribution is 2.53. The molecule has 42 heavy (non-hydrogen) atoms. The minimum absolute atomic E-state index is 0.0311. The number of sulfone groups is 1. The molecule has 2 aromatic carbocycles. The van der Waals surface area contributed by atoms with Crippen LogP contribution in [0.2, 0.25) is 0 Å². The highest BCUT2D eigenvalue weighted by Gasteiger charge is 2.48. The van der Waals surface area contributed by atoms with E-state index in [0.717, 1.165) is 60.3 Å². The van der Waals surface area contributed by atoms with Gasteiger partial charge >= 0.3 is 0 Å². The number of carbonyl (C=O) groups excluding carboxylic acids is 1. The maximum atomic E-state index is 13.8. The molecule has 1 aromatic heterocycles. The molecule has 0 bridgehead atoms. The van der Waals surface area contributed by atoms with Crippen molar-refractivity contribution >= 4 is 21.3 Å². The molecular formula is C33H37FN4O3S. The van der Waals surface area contributed by atoms with Gasteiger partial charge in [-0.1, -0.05) is 26.0 Å². The van der Waals surface area contributed by atoms with E-state index in [-0.39, 0.29) is 40.4 Å². The van der Waals surface area contributed by atoms with Crippen molar-refractivity contribution in [3.8, 4) is 22.9 Å². The summed E-state index contributed by atoms with van der Waals surface area (Å²) in [6.45, 7) is 5.42. The lowest BCUT2D eigenvalue weighted by molar-refractivity contribution is -0.126. The Hall–Kier alpha value is -3.51. The third kappa shape index (κ3) is 5.87. The van der Waals surface area contributed by atoms with E-state index in [1.807, 2.05) is 30.5 Å². The van der Waals surface area contributed by atoms with Crippen molar-refractivity contribution in [2.24, 2.45) is 16.7 Å². The van der Waals surface area contributed by atoms with Crippen LogP contribution in [0, 0.1) is 33.9 Å². The fourth-order valence-corrected chi connectivity index (χ4v) is 7.84. The summed E-state index contributed by atoms with van der Waals surface area (Å²) < 4.78 is 39.3. The summed E-state index contributed by atoms with van der Waals surface area (Å²) in [7, 11) is -2.97. The van der Waals surface area contributed by atoms with Gasteiger partial charge < -0.3 is 4.90 Å². The van der Waals surface area contributed by atoms with Crippen LogP contribution in [0.4, 0.5) is 10.1 Å². The summed E-state index contributed by atoms with van der Waals surface area (Å²) in [6.07, 6.45) is 6.35. The lowest BCUT2D eigenvalue weighted by Gasteiger charge is -2.40. The second-order valence-corrected chi connectivity index (χ2v) is 15.5. The van der Waals surface area contributed by atoms with Gasteiger partial charge in [0.25, 0.3) is 0 Å². The lowest BCUT2D eigenvalue weighted by atomic mass is 9.64. The average molecular weight is 589 g/mol. The molecule has 0 radical (unpaired) electrons. The Kier molecular flexibility index (Phi) is 7.25. The summed E-state index contributed by atoms with van der Waals surface area (Å²) >= 11 is 0. The number of aromatic nitrogens is 2. The highest BCUT2D eigenvalue weighted by molar-refractivity contribution is 7.91. The predicted octanol–water partition coefficient (Wildman–Crippen LogP) is 6.09. The molecule has 0 spiro atoms. The van der Waals surface area contributed by atoms with Gasteiger partial charge in [0.05, 0.1) is 34.4 Å². The van der Waals surface area contributed by atoms with Crippen molar-refractivity contribution in [3.63, 3.8) is 0 Å². The van der Waals surface area contributed by atoms with Crippen molar-refractivity contribution in [2.45, 2.75) is 58.3 Å². The topological polar surface area (TPSA) is 96.1 Å². The standard InChI is InChI=1S/C33H37FN4O3S/c1-32(2)12-11-27(30(39)20-33(22-35)13-14-33)28(19-32)31-29(21-38(36-31)26-9-5-24(34)6-10-26)23-3-7-25(8-4-23)37-15-17-42(40,41)18-16-37/h3-10,21,27-28H,11-20H2,1-2H3. The first kappa shape index (κ1) is 28.6. The van der Waals surface area contributed by atoms with Crippen molar-refractivity contribution in [1.82, 2.24) is 9.78 Å². The van der Waals surface area contributed by atoms with Crippen LogP contribution in [0.5, 0.6) is 0 Å². The maximum absolute atomic E-state index is 13.8. The van der Waals surface area contributed by atoms with Crippen LogP contribution >= 0.6 is 0 Å². The SMILES string of the molecule is CC1(C)CCC(C(=O)CC2(C#N)CC2)C(c2nn(-c3ccc(F)cc3)cc2-c2ccc(N3CCS(=O)(=O)CC3)cc2)C1. The van der Waals surface area contributed by atoms with E-state index in [1.54, 1.807) is 16.8 Å². The minimum atomic E-state index is -2.97. The van der Waals surface area contributed by atoms with E-state index in [0.29, 0.717) is 19.5 Å². The molecule has 3 aromatic rings. The van der Waals surface area contributed by atoms with Crippen LogP contribution in [0.15, 0.2) is 54.7 Å². The highest BCUT2D eigenvalue weighted by atomic mass is 32.2. The molecule has 220 valence electrons. The molecule has 1 saturated heterocycles. The van der Waals surface area contributed by atoms with Crippen LogP contribution in [-0.2, 0) is 14.6 Å². The number of Topliss-reactive ketones (excluding diaryl/α,β-unsaturated/α-hetero) is 1. The first-order valence-electron chi connectivity index (χ1n) is 14.8. The Morgan fingerprint density at radius 3 is 2.29 bits per heavy atom. The molecule has 7 nitrogen and oxygen atoms in total. The van der Waals surface area contributed by atoms with Crippen LogP contribution in [0.3, 0.4) is 0 Å². The predicted molar refractivity (Wildman–Crippen MR) is 161 cm³/mol. The van der Waals surface area contributed by atoms with Crippen molar-refractivity contribution < 1.29 is 17.6 Å². The molecule has 2 unspecified atom stereocenters. The molecule has 2 heterocycles. The van der Waals surface area contributed by atoms with E-state index in [4.69, 9.17) is 5.10 Å². The van der Waals surface area contributed by atoms with Gasteiger partial charge in [0.2, 0.25) is 0 Å². The number of rotatable bonds is 7. The Bertz CT molecular complexity index is 1620. The normalized spacial score (nSPS) is 24.1. The van der Waals surface area contributed by atoms with Crippen LogP contribution < -0.4 is 4.90 Å². The van der Waals surface area contributed by atoms with Crippen LogP contribution in [0.25, 0.3) is 16.8 Å². The molecular weight excluding hydrogens is 551 g/mol. The van der Waals surface area contributed by atoms with E-state index in [2.05, 4.69) is 24.8 Å². The molecule has 6 rings (SSSR count). The fourth-order valence-electron chi connectivity index (χ4n) is 6.64. The summed E-state index contributed by atoms with van der Waals surface area (Å²) in [4.78, 5) is 15.9. The number of ketones is 1. The number of hydrogen-bond donors (Lipinski definition) is 0. The minimum Gasteiger partial charge on any atom is -0.369 e. The van der Waals surface area contributed by atoms with Crippen molar-refractivity contribution in [2.75, 3.05) is 29.5 Å². The second-order valence-electron chi connectivity index (χ2n) is 13.2. The molecule has 2 saturated carbocycles. The largest absolute Gasteiger partial charge is 0.369 e. The zero-order valence-corrected chi connectivity index (χ0v) is 25.0. The molecule has 3 fully saturated rings. The zero-order chi connectivity index (χ0) is 29.7. The molecule has 9 heteroatoms. The van der Waals surface area contributed by atoms with Gasteiger partial charge in [0, 0.05) is 48.8 Å². The Balaban J connectivity index is 1.38. The second kappa shape index (κ2) is 10.6. The summed E-state index contributed by atoms with van der Waals surface area (Å²) in [5, 5.41) is 14.7. The Labute approximate surface area is 247 Å². The van der Waals surface area contributed by atoms with Gasteiger partial charge in [-0.3, -0.25) is 4.79 Å². The van der Waals surface area contributed by atoms with Crippen molar-refractivity contribution in [1.29, 1.82) is 5.26 Å². The van der Waals surface area contributed by atoms with E-state index in [1.165, 1.54) is 12.1 Å². The van der Waals surface area contributed by atoms with E-state index >= 15 is 0 Å². The smallest absolute Gasteiger partial charge is 0.153 e. The third-order valence-corrected chi connectivity index (χ3v) is 11.1. The van der Waals surface area contributed by atoms with Gasteiger partial charge in [-0.05, 0) is 79.5 Å². The molecule has 3 aliphatic rings. The summed E-state index contributed by atoms with van der Waals surface area (Å²) in [5.41, 5.74) is 3.97. The van der Waals surface area contributed by atoms with Gasteiger partial charge in [-0.25, -0.2) is 17.5 Å². The monoisotopic (exact) mass is 588 g/mol. The quantitative estimate of drug-likeness (QED) is 0.332. The summed E-state index contributed by atoms with van der Waals surface area (Å²) in [6, 6.07) is 16.7. The number of nitriles is 1. The Morgan fingerprint density at radius 2 is 1.67 bits per heavy atom. The fraction of sp³-hybridized carbons (Fsp3) is 0.485. The number of anilines is 1. The first-order valence-corrected chi connectivity index (χ1v) is 16.6. The van der Waals surface area contributed by atoms with Gasteiger partial charge in [-0.15, -0.1) is 0 Å². The van der Waals surface area contributed by atoms with Gasteiger partial charge in [0.1, 0.15) is 11.6 Å². The van der Waals surface area contributed by atoms with Gasteiger partial charge in [-0.2, -0.15) is 10.4 Å². The number of benzene rings is 2. The number of hydrogen-bond acceptors (Lipinski definition) is 6. The van der Waals surface area contributed by atoms with E-state index in [9.17, 15) is 22.9 Å². The number of nitrogens with zero attached hydrogens (tertiary/aromatic N) is 4. The van der Waals surface area contributed by atoms with Gasteiger partial charge in [0.15, 0.2) is 9.84 Å². The lowest BCUT2D eigenvalue weighted by Crippen LogP contribution is -2.40. The number of carbonyl (C=O) groups is 1. The maximum Gasteiger partial charge on any atom is 0.153 e. The molecule has 0 N–H and O–H groups in total. The molecule has 0 amide bonds. The molecule has 2 aliphatic carbocycles. The van der Waals surface area contributed by atoms with E-state index < -0.39 is 15.3 Å². The average Bonchev–Trinajstić information content (AvgIpc) is 3.59. The molecule has 1 aliphatic heterocycles. The first-order chi connectivity index (χ1) is 20.0. The molecule has 2 atom stereocenters. The zero-order valence-electron chi connectivity index (χ0n) is 24.2. The van der Waals surface area contributed by atoms with Crippen LogP contribution in [-0.4, -0.2) is 48.6 Å². The summed E-state index contributed by atoms with van der Waals surface area (Å²) in [5.74, 6) is -0.175. The Morgan fingerprint density at radius 1 is 1.02 bits per heavy atom. The number of halogens is 1.